The summed E-state index contributed by atoms with van der Waals surface area (Å²) < 4.78 is 0. The molecule has 1 rings (SSSR count). The van der Waals surface area contributed by atoms with Crippen LogP contribution in [0, 0.1) is 23.7 Å². The van der Waals surface area contributed by atoms with Gasteiger partial charge in [-0.1, -0.05) is 13.8 Å². The zero-order valence-corrected chi connectivity index (χ0v) is 9.34. The quantitative estimate of drug-likeness (QED) is 0.410. The standard InChI is InChI=1S/C12H22N2/c1-4-5-11(14-13)10-6-8-12(2,3)9-7-10/h1,10-11,14H,5-9,13H2,2-3H3. The van der Waals surface area contributed by atoms with Crippen LogP contribution in [0.2, 0.25) is 0 Å². The van der Waals surface area contributed by atoms with Crippen LogP contribution in [0.3, 0.4) is 0 Å². The van der Waals surface area contributed by atoms with E-state index < -0.39 is 0 Å². The Morgan fingerprint density at radius 3 is 2.50 bits per heavy atom. The maximum atomic E-state index is 5.51. The summed E-state index contributed by atoms with van der Waals surface area (Å²) in [5.41, 5.74) is 3.38. The van der Waals surface area contributed by atoms with Crippen LogP contribution in [0.4, 0.5) is 0 Å². The molecule has 0 heterocycles. The first kappa shape index (κ1) is 11.6. The summed E-state index contributed by atoms with van der Waals surface area (Å²) in [4.78, 5) is 0. The Hall–Kier alpha value is -0.520. The van der Waals surface area contributed by atoms with Crippen molar-refractivity contribution in [2.75, 3.05) is 0 Å². The summed E-state index contributed by atoms with van der Waals surface area (Å²) in [5.74, 6) is 8.88. The van der Waals surface area contributed by atoms with Crippen molar-refractivity contribution in [1.82, 2.24) is 5.43 Å². The summed E-state index contributed by atoms with van der Waals surface area (Å²) in [6.45, 7) is 4.69. The SMILES string of the molecule is C#CCC(NN)C1CCC(C)(C)CC1. The van der Waals surface area contributed by atoms with Gasteiger partial charge < -0.3 is 0 Å². The minimum absolute atomic E-state index is 0.316. The van der Waals surface area contributed by atoms with Crippen molar-refractivity contribution in [3.05, 3.63) is 0 Å². The average Bonchev–Trinajstić information content (AvgIpc) is 2.15. The lowest BCUT2D eigenvalue weighted by molar-refractivity contribution is 0.162. The van der Waals surface area contributed by atoms with Gasteiger partial charge in [-0.05, 0) is 37.0 Å². The van der Waals surface area contributed by atoms with Crippen molar-refractivity contribution in [2.45, 2.75) is 52.0 Å². The molecule has 2 nitrogen and oxygen atoms in total. The normalized spacial score (nSPS) is 24.1. The number of hydrogen-bond acceptors (Lipinski definition) is 2. The van der Waals surface area contributed by atoms with Crippen molar-refractivity contribution >= 4 is 0 Å². The van der Waals surface area contributed by atoms with E-state index in [9.17, 15) is 0 Å². The molecule has 0 bridgehead atoms. The molecule has 14 heavy (non-hydrogen) atoms. The monoisotopic (exact) mass is 194 g/mol. The molecule has 0 aromatic carbocycles. The topological polar surface area (TPSA) is 38.0 Å². The molecular weight excluding hydrogens is 172 g/mol. The van der Waals surface area contributed by atoms with Gasteiger partial charge in [0.1, 0.15) is 0 Å². The fraction of sp³-hybridized carbons (Fsp3) is 0.833. The third-order valence-corrected chi connectivity index (χ3v) is 3.50. The van der Waals surface area contributed by atoms with Crippen LogP contribution in [0.15, 0.2) is 0 Å². The van der Waals surface area contributed by atoms with E-state index in [1.165, 1.54) is 25.7 Å². The minimum Gasteiger partial charge on any atom is -0.271 e. The van der Waals surface area contributed by atoms with E-state index >= 15 is 0 Å². The number of nitrogens with two attached hydrogens (primary N) is 1. The van der Waals surface area contributed by atoms with Crippen LogP contribution in [-0.4, -0.2) is 6.04 Å². The van der Waals surface area contributed by atoms with Crippen LogP contribution < -0.4 is 11.3 Å². The molecule has 0 saturated heterocycles. The van der Waals surface area contributed by atoms with Gasteiger partial charge in [0.2, 0.25) is 0 Å². The maximum Gasteiger partial charge on any atom is 0.0348 e. The molecule has 0 aromatic rings. The molecule has 0 amide bonds. The third kappa shape index (κ3) is 3.01. The first-order chi connectivity index (χ1) is 6.59. The Balaban J connectivity index is 2.44. The van der Waals surface area contributed by atoms with Crippen molar-refractivity contribution in [1.29, 1.82) is 0 Å². The summed E-state index contributed by atoms with van der Waals surface area (Å²) in [5, 5.41) is 0. The van der Waals surface area contributed by atoms with Gasteiger partial charge in [-0.15, -0.1) is 12.3 Å². The van der Waals surface area contributed by atoms with Crippen LogP contribution in [0.1, 0.15) is 46.0 Å². The number of hydrazine groups is 1. The zero-order chi connectivity index (χ0) is 10.6. The third-order valence-electron chi connectivity index (χ3n) is 3.50. The fourth-order valence-electron chi connectivity index (χ4n) is 2.31. The Labute approximate surface area is 87.6 Å². The van der Waals surface area contributed by atoms with Crippen molar-refractivity contribution in [3.63, 3.8) is 0 Å². The second-order valence-electron chi connectivity index (χ2n) is 5.18. The smallest absolute Gasteiger partial charge is 0.0348 e. The predicted molar refractivity (Wildman–Crippen MR) is 60.3 cm³/mol. The Bertz CT molecular complexity index is 205. The molecular formula is C12H22N2. The lowest BCUT2D eigenvalue weighted by Crippen LogP contribution is -2.42. The molecule has 2 heteroatoms. The lowest BCUT2D eigenvalue weighted by atomic mass is 9.71. The summed E-state index contributed by atoms with van der Waals surface area (Å²) in [6, 6.07) is 0.316. The first-order valence-electron chi connectivity index (χ1n) is 5.48. The van der Waals surface area contributed by atoms with Crippen LogP contribution in [-0.2, 0) is 0 Å². The first-order valence-corrected chi connectivity index (χ1v) is 5.48. The molecule has 0 radical (unpaired) electrons. The highest BCUT2D eigenvalue weighted by Gasteiger charge is 2.30. The van der Waals surface area contributed by atoms with Crippen LogP contribution in [0.5, 0.6) is 0 Å². The minimum atomic E-state index is 0.316. The molecule has 1 atom stereocenters. The van der Waals surface area contributed by atoms with Gasteiger partial charge >= 0.3 is 0 Å². The molecule has 1 unspecified atom stereocenters. The lowest BCUT2D eigenvalue weighted by Gasteiger charge is -2.37. The van der Waals surface area contributed by atoms with E-state index in [1.807, 2.05) is 0 Å². The highest BCUT2D eigenvalue weighted by Crippen LogP contribution is 2.39. The Kier molecular flexibility index (Phi) is 3.97. The van der Waals surface area contributed by atoms with Crippen molar-refractivity contribution in [2.24, 2.45) is 17.2 Å². The van der Waals surface area contributed by atoms with Gasteiger partial charge in [-0.2, -0.15) is 0 Å². The fourth-order valence-corrected chi connectivity index (χ4v) is 2.31. The molecule has 0 spiro atoms. The number of hydrogen-bond donors (Lipinski definition) is 2. The molecule has 0 aromatic heterocycles. The van der Waals surface area contributed by atoms with Gasteiger partial charge in [0.15, 0.2) is 0 Å². The summed E-state index contributed by atoms with van der Waals surface area (Å²) in [6.07, 6.45) is 11.2. The van der Waals surface area contributed by atoms with Crippen molar-refractivity contribution in [3.8, 4) is 12.3 Å². The van der Waals surface area contributed by atoms with E-state index in [2.05, 4.69) is 25.2 Å². The van der Waals surface area contributed by atoms with Gasteiger partial charge in [0.05, 0.1) is 0 Å². The largest absolute Gasteiger partial charge is 0.271 e. The molecule has 1 fully saturated rings. The predicted octanol–water partition coefficient (Wildman–Crippen LogP) is 2.06. The maximum absolute atomic E-state index is 5.51. The molecule has 3 N–H and O–H groups in total. The van der Waals surface area contributed by atoms with E-state index in [4.69, 9.17) is 12.3 Å². The highest BCUT2D eigenvalue weighted by atomic mass is 15.2. The van der Waals surface area contributed by atoms with Crippen molar-refractivity contribution < 1.29 is 0 Å². The second-order valence-corrected chi connectivity index (χ2v) is 5.18. The summed E-state index contributed by atoms with van der Waals surface area (Å²) in [7, 11) is 0. The molecule has 1 aliphatic carbocycles. The molecule has 0 aliphatic heterocycles. The number of rotatable bonds is 3. The Morgan fingerprint density at radius 2 is 2.07 bits per heavy atom. The zero-order valence-electron chi connectivity index (χ0n) is 9.34. The van der Waals surface area contributed by atoms with E-state index in [0.29, 0.717) is 17.4 Å². The number of terminal acetylenes is 1. The molecule has 80 valence electrons. The van der Waals surface area contributed by atoms with Crippen LogP contribution in [0.25, 0.3) is 0 Å². The Morgan fingerprint density at radius 1 is 1.50 bits per heavy atom. The van der Waals surface area contributed by atoms with Gasteiger partial charge in [0.25, 0.3) is 0 Å². The molecule has 1 aliphatic rings. The van der Waals surface area contributed by atoms with E-state index in [1.54, 1.807) is 0 Å². The average molecular weight is 194 g/mol. The second kappa shape index (κ2) is 4.82. The van der Waals surface area contributed by atoms with E-state index in [-0.39, 0.29) is 0 Å². The van der Waals surface area contributed by atoms with Gasteiger partial charge in [-0.25, -0.2) is 0 Å². The van der Waals surface area contributed by atoms with Gasteiger partial charge in [0, 0.05) is 12.5 Å². The highest BCUT2D eigenvalue weighted by molar-refractivity contribution is 4.93. The molecule has 1 saturated carbocycles. The number of nitrogens with one attached hydrogen (secondary N) is 1. The van der Waals surface area contributed by atoms with E-state index in [0.717, 1.165) is 6.42 Å². The van der Waals surface area contributed by atoms with Gasteiger partial charge in [-0.3, -0.25) is 11.3 Å². The summed E-state index contributed by atoms with van der Waals surface area (Å²) >= 11 is 0. The van der Waals surface area contributed by atoms with Crippen LogP contribution >= 0.6 is 0 Å².